The molecule has 0 aliphatic rings. The number of nitrogen functional groups attached to an aromatic ring is 1. The summed E-state index contributed by atoms with van der Waals surface area (Å²) in [6.45, 7) is 1.20. The summed E-state index contributed by atoms with van der Waals surface area (Å²) in [7, 11) is 3.40. The molecule has 0 radical (unpaired) electrons. The van der Waals surface area contributed by atoms with Crippen LogP contribution in [0.3, 0.4) is 0 Å². The minimum Gasteiger partial charge on any atom is -0.383 e. The molecular formula is C18H20N4O2. The van der Waals surface area contributed by atoms with Crippen LogP contribution in [-0.2, 0) is 11.3 Å². The Morgan fingerprint density at radius 2 is 2.00 bits per heavy atom. The van der Waals surface area contributed by atoms with Crippen LogP contribution in [0.4, 0.5) is 11.6 Å². The largest absolute Gasteiger partial charge is 0.383 e. The van der Waals surface area contributed by atoms with Crippen molar-refractivity contribution in [2.45, 2.75) is 6.54 Å². The predicted octanol–water partition coefficient (Wildman–Crippen LogP) is 2.54. The first kappa shape index (κ1) is 16.0. The molecule has 0 atom stereocenters. The van der Waals surface area contributed by atoms with Crippen molar-refractivity contribution < 1.29 is 9.53 Å². The Morgan fingerprint density at radius 1 is 1.25 bits per heavy atom. The van der Waals surface area contributed by atoms with Gasteiger partial charge in [-0.25, -0.2) is 4.98 Å². The Bertz CT molecular complexity index is 858. The summed E-state index contributed by atoms with van der Waals surface area (Å²) >= 11 is 0. The van der Waals surface area contributed by atoms with Crippen LogP contribution in [0.2, 0.25) is 0 Å². The van der Waals surface area contributed by atoms with Gasteiger partial charge in [-0.3, -0.25) is 4.79 Å². The highest BCUT2D eigenvalue weighted by atomic mass is 16.5. The monoisotopic (exact) mass is 324 g/mol. The molecule has 1 aromatic heterocycles. The Balaban J connectivity index is 1.92. The van der Waals surface area contributed by atoms with Crippen molar-refractivity contribution in [3.05, 3.63) is 54.1 Å². The minimum absolute atomic E-state index is 0.0678. The van der Waals surface area contributed by atoms with Crippen molar-refractivity contribution in [1.82, 2.24) is 9.55 Å². The lowest BCUT2D eigenvalue weighted by Gasteiger charge is -2.17. The Labute approximate surface area is 140 Å². The SMILES string of the molecule is COCCn1c(N)nc2cc(N(C)C(=O)c3ccccc3)ccc21. The van der Waals surface area contributed by atoms with Crippen LogP contribution in [0.5, 0.6) is 0 Å². The molecule has 3 rings (SSSR count). The van der Waals surface area contributed by atoms with Crippen LogP contribution in [0.1, 0.15) is 10.4 Å². The number of imidazole rings is 1. The number of ether oxygens (including phenoxy) is 1. The standard InChI is InChI=1S/C18H20N4O2/c1-21(17(23)13-6-4-3-5-7-13)14-8-9-16-15(12-14)20-18(19)22(16)10-11-24-2/h3-9,12H,10-11H2,1-2H3,(H2,19,20). The number of carbonyl (C=O) groups is 1. The van der Waals surface area contributed by atoms with E-state index in [-0.39, 0.29) is 5.91 Å². The van der Waals surface area contributed by atoms with Crippen LogP contribution in [0, 0.1) is 0 Å². The van der Waals surface area contributed by atoms with Gasteiger partial charge in [-0.15, -0.1) is 0 Å². The van der Waals surface area contributed by atoms with Gasteiger partial charge in [-0.1, -0.05) is 18.2 Å². The second-order valence-electron chi connectivity index (χ2n) is 5.52. The summed E-state index contributed by atoms with van der Waals surface area (Å²) in [5.74, 6) is 0.373. The maximum Gasteiger partial charge on any atom is 0.258 e. The van der Waals surface area contributed by atoms with Crippen molar-refractivity contribution in [3.63, 3.8) is 0 Å². The zero-order valence-corrected chi connectivity index (χ0v) is 13.8. The number of benzene rings is 2. The molecule has 6 heteroatoms. The first-order chi connectivity index (χ1) is 11.6. The third-order valence-corrected chi connectivity index (χ3v) is 3.99. The van der Waals surface area contributed by atoms with E-state index in [0.29, 0.717) is 24.7 Å². The first-order valence-corrected chi connectivity index (χ1v) is 7.69. The number of rotatable bonds is 5. The zero-order valence-electron chi connectivity index (χ0n) is 13.8. The second kappa shape index (κ2) is 6.72. The first-order valence-electron chi connectivity index (χ1n) is 7.69. The number of fused-ring (bicyclic) bond motifs is 1. The molecule has 0 aliphatic heterocycles. The summed E-state index contributed by atoms with van der Waals surface area (Å²) in [4.78, 5) is 18.6. The van der Waals surface area contributed by atoms with E-state index in [4.69, 9.17) is 10.5 Å². The van der Waals surface area contributed by atoms with Crippen molar-refractivity contribution in [2.75, 3.05) is 31.4 Å². The van der Waals surface area contributed by atoms with Crippen LogP contribution >= 0.6 is 0 Å². The van der Waals surface area contributed by atoms with E-state index in [9.17, 15) is 4.79 Å². The van der Waals surface area contributed by atoms with Gasteiger partial charge in [0.2, 0.25) is 5.95 Å². The maximum atomic E-state index is 12.6. The second-order valence-corrected chi connectivity index (χ2v) is 5.52. The summed E-state index contributed by atoms with van der Waals surface area (Å²) in [6, 6.07) is 14.9. The van der Waals surface area contributed by atoms with E-state index in [1.165, 1.54) is 0 Å². The molecule has 0 aliphatic carbocycles. The molecule has 0 fully saturated rings. The molecule has 124 valence electrons. The summed E-state index contributed by atoms with van der Waals surface area (Å²) in [5, 5.41) is 0. The van der Waals surface area contributed by atoms with E-state index >= 15 is 0 Å². The fraction of sp³-hybridized carbons (Fsp3) is 0.222. The topological polar surface area (TPSA) is 73.4 Å². The van der Waals surface area contributed by atoms with Gasteiger partial charge in [-0.05, 0) is 30.3 Å². The zero-order chi connectivity index (χ0) is 17.1. The lowest BCUT2D eigenvalue weighted by Crippen LogP contribution is -2.26. The molecule has 0 saturated heterocycles. The third-order valence-electron chi connectivity index (χ3n) is 3.99. The average Bonchev–Trinajstić information content (AvgIpc) is 2.93. The highest BCUT2D eigenvalue weighted by molar-refractivity contribution is 6.06. The van der Waals surface area contributed by atoms with Crippen molar-refractivity contribution in [2.24, 2.45) is 0 Å². The third kappa shape index (κ3) is 2.96. The highest BCUT2D eigenvalue weighted by Crippen LogP contribution is 2.24. The Hall–Kier alpha value is -2.86. The summed E-state index contributed by atoms with van der Waals surface area (Å²) < 4.78 is 7.01. The normalized spacial score (nSPS) is 10.9. The summed E-state index contributed by atoms with van der Waals surface area (Å²) in [5.41, 5.74) is 9.08. The van der Waals surface area contributed by atoms with Gasteiger partial charge in [0.15, 0.2) is 0 Å². The fourth-order valence-electron chi connectivity index (χ4n) is 2.65. The number of hydrogen-bond acceptors (Lipinski definition) is 4. The van der Waals surface area contributed by atoms with Crippen LogP contribution in [-0.4, -0.2) is 36.2 Å². The fourth-order valence-corrected chi connectivity index (χ4v) is 2.65. The van der Waals surface area contributed by atoms with Gasteiger partial charge in [-0.2, -0.15) is 0 Å². The number of anilines is 2. The van der Waals surface area contributed by atoms with Gasteiger partial charge in [0.1, 0.15) is 0 Å². The molecule has 0 unspecified atom stereocenters. The van der Waals surface area contributed by atoms with Crippen LogP contribution < -0.4 is 10.6 Å². The smallest absolute Gasteiger partial charge is 0.258 e. The molecule has 2 N–H and O–H groups in total. The van der Waals surface area contributed by atoms with E-state index in [1.807, 2.05) is 41.0 Å². The van der Waals surface area contributed by atoms with Gasteiger partial charge < -0.3 is 19.9 Å². The summed E-state index contributed by atoms with van der Waals surface area (Å²) in [6.07, 6.45) is 0. The van der Waals surface area contributed by atoms with Gasteiger partial charge >= 0.3 is 0 Å². The molecule has 0 saturated carbocycles. The lowest BCUT2D eigenvalue weighted by molar-refractivity contribution is 0.0993. The molecular weight excluding hydrogens is 304 g/mol. The van der Waals surface area contributed by atoms with Gasteiger partial charge in [0, 0.05) is 32.0 Å². The van der Waals surface area contributed by atoms with E-state index in [1.54, 1.807) is 31.2 Å². The molecule has 6 nitrogen and oxygen atoms in total. The van der Waals surface area contributed by atoms with Crippen molar-refractivity contribution in [1.29, 1.82) is 0 Å². The molecule has 2 aromatic carbocycles. The number of nitrogens with two attached hydrogens (primary N) is 1. The van der Waals surface area contributed by atoms with Crippen LogP contribution in [0.15, 0.2) is 48.5 Å². The molecule has 0 bridgehead atoms. The van der Waals surface area contributed by atoms with Crippen LogP contribution in [0.25, 0.3) is 11.0 Å². The molecule has 24 heavy (non-hydrogen) atoms. The van der Waals surface area contributed by atoms with E-state index < -0.39 is 0 Å². The maximum absolute atomic E-state index is 12.6. The number of amides is 1. The number of methoxy groups -OCH3 is 1. The van der Waals surface area contributed by atoms with Crippen molar-refractivity contribution >= 4 is 28.6 Å². The molecule has 1 heterocycles. The predicted molar refractivity (Wildman–Crippen MR) is 95.2 cm³/mol. The lowest BCUT2D eigenvalue weighted by atomic mass is 10.2. The van der Waals surface area contributed by atoms with E-state index in [2.05, 4.69) is 4.98 Å². The quantitative estimate of drug-likeness (QED) is 0.783. The number of aromatic nitrogens is 2. The molecule has 3 aromatic rings. The highest BCUT2D eigenvalue weighted by Gasteiger charge is 2.15. The number of nitrogens with zero attached hydrogens (tertiary/aromatic N) is 3. The minimum atomic E-state index is -0.0678. The van der Waals surface area contributed by atoms with Gasteiger partial charge in [0.25, 0.3) is 5.91 Å². The van der Waals surface area contributed by atoms with Crippen molar-refractivity contribution in [3.8, 4) is 0 Å². The van der Waals surface area contributed by atoms with Gasteiger partial charge in [0.05, 0.1) is 17.6 Å². The average molecular weight is 324 g/mol. The number of hydrogen-bond donors (Lipinski definition) is 1. The Morgan fingerprint density at radius 3 is 2.71 bits per heavy atom. The molecule has 0 spiro atoms. The Kier molecular flexibility index (Phi) is 4.48. The van der Waals surface area contributed by atoms with E-state index in [0.717, 1.165) is 16.7 Å². The number of carbonyl (C=O) groups excluding carboxylic acids is 1. The molecule has 1 amide bonds.